The van der Waals surface area contributed by atoms with E-state index in [1.807, 2.05) is 35.2 Å². The van der Waals surface area contributed by atoms with E-state index < -0.39 is 5.60 Å². The number of nitrogens with zero attached hydrogens (tertiary/aromatic N) is 2. The summed E-state index contributed by atoms with van der Waals surface area (Å²) < 4.78 is 6.55. The maximum absolute atomic E-state index is 12.7. The van der Waals surface area contributed by atoms with Crippen LogP contribution in [0.3, 0.4) is 0 Å². The highest BCUT2D eigenvalue weighted by Crippen LogP contribution is 2.33. The first kappa shape index (κ1) is 23.5. The van der Waals surface area contributed by atoms with E-state index in [4.69, 9.17) is 4.74 Å². The average molecular weight is 423 g/mol. The molecule has 2 aromatic rings. The van der Waals surface area contributed by atoms with E-state index in [9.17, 15) is 4.79 Å². The number of aryl methyl sites for hydroxylation is 1. The molecule has 1 heterocycles. The number of hydrogen-bond donors (Lipinski definition) is 0. The van der Waals surface area contributed by atoms with E-state index in [1.54, 1.807) is 6.92 Å². The second kappa shape index (κ2) is 10.9. The first-order valence-electron chi connectivity index (χ1n) is 11.7. The molecule has 0 saturated carbocycles. The van der Waals surface area contributed by atoms with Crippen LogP contribution in [0.4, 0.5) is 5.69 Å². The number of ether oxygens (including phenoxy) is 1. The Morgan fingerprint density at radius 2 is 1.87 bits per heavy atom. The van der Waals surface area contributed by atoms with Crippen LogP contribution in [0.5, 0.6) is 0 Å². The molecule has 0 N–H and O–H groups in total. The zero-order chi connectivity index (χ0) is 22.3. The Morgan fingerprint density at radius 3 is 2.55 bits per heavy atom. The van der Waals surface area contributed by atoms with Crippen LogP contribution in [0.15, 0.2) is 54.6 Å². The molecule has 1 aliphatic heterocycles. The van der Waals surface area contributed by atoms with Crippen LogP contribution in [-0.4, -0.2) is 48.7 Å². The van der Waals surface area contributed by atoms with Crippen molar-refractivity contribution >= 4 is 11.6 Å². The van der Waals surface area contributed by atoms with E-state index in [0.717, 1.165) is 57.6 Å². The Balaban J connectivity index is 1.78. The van der Waals surface area contributed by atoms with Crippen LogP contribution in [0.25, 0.3) is 0 Å². The van der Waals surface area contributed by atoms with Gasteiger partial charge in [-0.05, 0) is 56.4 Å². The molecule has 0 aromatic heterocycles. The van der Waals surface area contributed by atoms with Gasteiger partial charge in [0.2, 0.25) is 5.91 Å². The summed E-state index contributed by atoms with van der Waals surface area (Å²) in [5.74, 6) is 0.0786. The Kier molecular flexibility index (Phi) is 8.28. The Hall–Kier alpha value is -2.17. The van der Waals surface area contributed by atoms with Crippen molar-refractivity contribution in [2.75, 3.05) is 31.1 Å². The maximum Gasteiger partial charge on any atom is 0.224 e. The SMILES string of the molecule is CCCCO[C@]1(C)CN(CCc2ccccc2C)CC[C@@H]1N(C(C)=O)c1ccccc1. The minimum absolute atomic E-state index is 0.0268. The van der Waals surface area contributed by atoms with Crippen molar-refractivity contribution in [2.24, 2.45) is 0 Å². The van der Waals surface area contributed by atoms with Gasteiger partial charge >= 0.3 is 0 Å². The third-order valence-electron chi connectivity index (χ3n) is 6.53. The highest BCUT2D eigenvalue weighted by atomic mass is 16.5. The molecule has 0 bridgehead atoms. The molecular formula is C27H38N2O2. The fraction of sp³-hybridized carbons (Fsp3) is 0.519. The molecule has 1 saturated heterocycles. The minimum Gasteiger partial charge on any atom is -0.372 e. The first-order chi connectivity index (χ1) is 14.9. The van der Waals surface area contributed by atoms with Gasteiger partial charge < -0.3 is 9.64 Å². The smallest absolute Gasteiger partial charge is 0.224 e. The fourth-order valence-corrected chi connectivity index (χ4v) is 4.76. The molecule has 31 heavy (non-hydrogen) atoms. The number of rotatable bonds is 9. The molecule has 2 atom stereocenters. The highest BCUT2D eigenvalue weighted by molar-refractivity contribution is 5.92. The summed E-state index contributed by atoms with van der Waals surface area (Å²) in [6.07, 6.45) is 4.09. The summed E-state index contributed by atoms with van der Waals surface area (Å²) in [4.78, 5) is 17.2. The Bertz CT molecular complexity index is 838. The highest BCUT2D eigenvalue weighted by Gasteiger charge is 2.45. The second-order valence-electron chi connectivity index (χ2n) is 9.00. The lowest BCUT2D eigenvalue weighted by Crippen LogP contribution is -2.63. The molecule has 0 unspecified atom stereocenters. The normalized spacial score (nSPS) is 21.7. The third-order valence-corrected chi connectivity index (χ3v) is 6.53. The summed E-state index contributed by atoms with van der Waals surface area (Å²) in [5, 5.41) is 0. The topological polar surface area (TPSA) is 32.8 Å². The van der Waals surface area contributed by atoms with Crippen LogP contribution >= 0.6 is 0 Å². The number of carbonyl (C=O) groups excluding carboxylic acids is 1. The second-order valence-corrected chi connectivity index (χ2v) is 9.00. The molecule has 168 valence electrons. The predicted molar refractivity (Wildman–Crippen MR) is 129 cm³/mol. The zero-order valence-corrected chi connectivity index (χ0v) is 19.6. The van der Waals surface area contributed by atoms with E-state index in [0.29, 0.717) is 0 Å². The van der Waals surface area contributed by atoms with Gasteiger partial charge in [0.15, 0.2) is 0 Å². The van der Waals surface area contributed by atoms with Crippen molar-refractivity contribution < 1.29 is 9.53 Å². The fourth-order valence-electron chi connectivity index (χ4n) is 4.76. The predicted octanol–water partition coefficient (Wildman–Crippen LogP) is 5.24. The van der Waals surface area contributed by atoms with E-state index in [2.05, 4.69) is 49.9 Å². The zero-order valence-electron chi connectivity index (χ0n) is 19.6. The van der Waals surface area contributed by atoms with Crippen molar-refractivity contribution in [1.29, 1.82) is 0 Å². The number of carbonyl (C=O) groups is 1. The molecule has 3 rings (SSSR count). The Labute approximate surface area is 188 Å². The van der Waals surface area contributed by atoms with E-state index in [1.165, 1.54) is 11.1 Å². The summed E-state index contributed by atoms with van der Waals surface area (Å²) in [5.41, 5.74) is 3.32. The molecule has 1 aliphatic rings. The van der Waals surface area contributed by atoms with Gasteiger partial charge in [0, 0.05) is 38.9 Å². The summed E-state index contributed by atoms with van der Waals surface area (Å²) in [6.45, 7) is 11.8. The van der Waals surface area contributed by atoms with Crippen LogP contribution in [-0.2, 0) is 16.0 Å². The number of anilines is 1. The maximum atomic E-state index is 12.7. The number of para-hydroxylation sites is 1. The summed E-state index contributed by atoms with van der Waals surface area (Å²) in [6, 6.07) is 18.7. The number of hydrogen-bond acceptors (Lipinski definition) is 3. The average Bonchev–Trinajstić information content (AvgIpc) is 2.75. The largest absolute Gasteiger partial charge is 0.372 e. The van der Waals surface area contributed by atoms with Gasteiger partial charge in [-0.3, -0.25) is 9.69 Å². The lowest BCUT2D eigenvalue weighted by molar-refractivity contribution is -0.123. The monoisotopic (exact) mass is 422 g/mol. The van der Waals surface area contributed by atoms with Crippen molar-refractivity contribution in [3.63, 3.8) is 0 Å². The lowest BCUT2D eigenvalue weighted by atomic mass is 9.86. The van der Waals surface area contributed by atoms with Crippen LogP contribution in [0.1, 0.15) is 51.2 Å². The minimum atomic E-state index is -0.402. The summed E-state index contributed by atoms with van der Waals surface area (Å²) in [7, 11) is 0. The lowest BCUT2D eigenvalue weighted by Gasteiger charge is -2.50. The third kappa shape index (κ3) is 5.96. The van der Waals surface area contributed by atoms with Crippen molar-refractivity contribution in [3.8, 4) is 0 Å². The number of likely N-dealkylation sites (tertiary alicyclic amines) is 1. The van der Waals surface area contributed by atoms with Crippen molar-refractivity contribution in [1.82, 2.24) is 4.90 Å². The number of amides is 1. The molecule has 4 nitrogen and oxygen atoms in total. The van der Waals surface area contributed by atoms with Crippen LogP contribution in [0, 0.1) is 6.92 Å². The molecule has 2 aromatic carbocycles. The van der Waals surface area contributed by atoms with Gasteiger partial charge in [0.05, 0.1) is 11.6 Å². The van der Waals surface area contributed by atoms with Gasteiger partial charge in [-0.15, -0.1) is 0 Å². The summed E-state index contributed by atoms with van der Waals surface area (Å²) >= 11 is 0. The standard InChI is InChI=1S/C27H38N2O2/c1-5-6-20-31-27(4)21-28(18-16-24-13-11-10-12-22(24)2)19-17-26(27)29(23(3)30)25-14-8-7-9-15-25/h7-15,26H,5-6,16-21H2,1-4H3/t26-,27+/m0/s1. The van der Waals surface area contributed by atoms with Crippen LogP contribution in [0.2, 0.25) is 0 Å². The van der Waals surface area contributed by atoms with E-state index in [-0.39, 0.29) is 11.9 Å². The van der Waals surface area contributed by atoms with Gasteiger partial charge in [0.1, 0.15) is 0 Å². The van der Waals surface area contributed by atoms with E-state index >= 15 is 0 Å². The quantitative estimate of drug-likeness (QED) is 0.518. The molecular weight excluding hydrogens is 384 g/mol. The molecule has 0 spiro atoms. The van der Waals surface area contributed by atoms with Gasteiger partial charge in [-0.1, -0.05) is 55.8 Å². The van der Waals surface area contributed by atoms with Crippen LogP contribution < -0.4 is 4.90 Å². The van der Waals surface area contributed by atoms with Crippen molar-refractivity contribution in [2.45, 2.75) is 65.0 Å². The van der Waals surface area contributed by atoms with Gasteiger partial charge in [-0.25, -0.2) is 0 Å². The molecule has 0 aliphatic carbocycles. The molecule has 0 radical (unpaired) electrons. The Morgan fingerprint density at radius 1 is 1.16 bits per heavy atom. The number of unbranched alkanes of at least 4 members (excludes halogenated alkanes) is 1. The number of piperidine rings is 1. The van der Waals surface area contributed by atoms with Crippen molar-refractivity contribution in [3.05, 3.63) is 65.7 Å². The molecule has 4 heteroatoms. The van der Waals surface area contributed by atoms with Gasteiger partial charge in [0.25, 0.3) is 0 Å². The first-order valence-corrected chi connectivity index (χ1v) is 11.7. The van der Waals surface area contributed by atoms with Gasteiger partial charge in [-0.2, -0.15) is 0 Å². The molecule has 1 amide bonds. The molecule has 1 fully saturated rings. The number of benzene rings is 2.